The van der Waals surface area contributed by atoms with E-state index in [1.807, 2.05) is 41.9 Å². The number of benzene rings is 1. The van der Waals surface area contributed by atoms with E-state index in [2.05, 4.69) is 14.9 Å². The van der Waals surface area contributed by atoms with Crippen LogP contribution in [0.25, 0.3) is 22.1 Å². The van der Waals surface area contributed by atoms with Crippen LogP contribution in [-0.2, 0) is 31.8 Å². The summed E-state index contributed by atoms with van der Waals surface area (Å²) in [5.74, 6) is 0.803. The number of rotatable bonds is 5. The van der Waals surface area contributed by atoms with Crippen LogP contribution < -0.4 is 11.2 Å². The van der Waals surface area contributed by atoms with Crippen molar-refractivity contribution in [2.24, 2.45) is 14.1 Å². The summed E-state index contributed by atoms with van der Waals surface area (Å²) < 4.78 is 9.98. The molecule has 4 heterocycles. The standard InChI is InChI=1S/C22H26N6O3/c1-25-18(7-8-27-9-11-31-12-10-27)24-20-19(25)21(29)28(22(30)26(20)2)14-16-13-15-5-3-4-6-17(15)23-16/h3-6,13,23H,7-12,14H2,1-2H3. The minimum atomic E-state index is -0.367. The summed E-state index contributed by atoms with van der Waals surface area (Å²) in [5.41, 5.74) is 2.00. The molecule has 0 spiro atoms. The minimum Gasteiger partial charge on any atom is -0.379 e. The van der Waals surface area contributed by atoms with E-state index >= 15 is 0 Å². The van der Waals surface area contributed by atoms with E-state index in [0.717, 1.165) is 55.3 Å². The number of aryl methyl sites for hydroxylation is 2. The minimum absolute atomic E-state index is 0.185. The number of hydrogen-bond donors (Lipinski definition) is 1. The first-order chi connectivity index (χ1) is 15.0. The molecule has 31 heavy (non-hydrogen) atoms. The van der Waals surface area contributed by atoms with Gasteiger partial charge in [0.1, 0.15) is 5.82 Å². The third-order valence-electron chi connectivity index (χ3n) is 6.12. The molecule has 0 aliphatic carbocycles. The number of hydrogen-bond acceptors (Lipinski definition) is 5. The van der Waals surface area contributed by atoms with Crippen molar-refractivity contribution >= 4 is 22.1 Å². The van der Waals surface area contributed by atoms with Gasteiger partial charge in [0.2, 0.25) is 0 Å². The number of nitrogens with one attached hydrogen (secondary N) is 1. The van der Waals surface area contributed by atoms with E-state index in [1.165, 1.54) is 9.13 Å². The monoisotopic (exact) mass is 422 g/mol. The van der Waals surface area contributed by atoms with E-state index in [0.29, 0.717) is 17.6 Å². The van der Waals surface area contributed by atoms with Crippen LogP contribution in [0.4, 0.5) is 0 Å². The van der Waals surface area contributed by atoms with Crippen molar-refractivity contribution in [1.29, 1.82) is 0 Å². The summed E-state index contributed by atoms with van der Waals surface area (Å²) in [6.07, 6.45) is 0.709. The molecule has 0 bridgehead atoms. The zero-order chi connectivity index (χ0) is 21.5. The fourth-order valence-electron chi connectivity index (χ4n) is 4.32. The zero-order valence-electron chi connectivity index (χ0n) is 17.8. The van der Waals surface area contributed by atoms with E-state index in [4.69, 9.17) is 4.74 Å². The molecule has 1 aliphatic heterocycles. The first-order valence-electron chi connectivity index (χ1n) is 10.5. The topological polar surface area (TPSA) is 90.1 Å². The molecule has 4 aromatic rings. The average Bonchev–Trinajstić information content (AvgIpc) is 3.35. The van der Waals surface area contributed by atoms with Gasteiger partial charge in [0.05, 0.1) is 19.8 Å². The summed E-state index contributed by atoms with van der Waals surface area (Å²) in [6.45, 7) is 4.33. The number of H-pyrrole nitrogens is 1. The predicted octanol–water partition coefficient (Wildman–Crippen LogP) is 0.838. The molecular weight excluding hydrogens is 396 g/mol. The molecule has 0 atom stereocenters. The van der Waals surface area contributed by atoms with Gasteiger partial charge >= 0.3 is 5.69 Å². The van der Waals surface area contributed by atoms with Crippen LogP contribution in [0, 0.1) is 0 Å². The number of aromatic amines is 1. The lowest BCUT2D eigenvalue weighted by Gasteiger charge is -2.26. The van der Waals surface area contributed by atoms with E-state index in [-0.39, 0.29) is 17.8 Å². The Kier molecular flexibility index (Phi) is 4.99. The molecule has 3 aromatic heterocycles. The maximum Gasteiger partial charge on any atom is 0.332 e. The Bertz CT molecular complexity index is 1340. The normalized spacial score (nSPS) is 15.3. The Hall–Kier alpha value is -3.17. The van der Waals surface area contributed by atoms with Gasteiger partial charge in [0.15, 0.2) is 11.2 Å². The molecule has 1 N–H and O–H groups in total. The number of ether oxygens (including phenoxy) is 1. The highest BCUT2D eigenvalue weighted by Crippen LogP contribution is 2.15. The van der Waals surface area contributed by atoms with Crippen LogP contribution >= 0.6 is 0 Å². The summed E-state index contributed by atoms with van der Waals surface area (Å²) in [4.78, 5) is 36.6. The molecule has 0 radical (unpaired) electrons. The first-order valence-corrected chi connectivity index (χ1v) is 10.5. The molecule has 0 unspecified atom stereocenters. The third kappa shape index (κ3) is 3.49. The quantitative estimate of drug-likeness (QED) is 0.515. The van der Waals surface area contributed by atoms with Gasteiger partial charge in [0.25, 0.3) is 5.56 Å². The van der Waals surface area contributed by atoms with Gasteiger partial charge in [-0.25, -0.2) is 9.78 Å². The maximum atomic E-state index is 13.3. The fraction of sp³-hybridized carbons (Fsp3) is 0.409. The van der Waals surface area contributed by atoms with Crippen LogP contribution in [0.15, 0.2) is 39.9 Å². The summed E-state index contributed by atoms with van der Waals surface area (Å²) in [6, 6.07) is 9.87. The second-order valence-electron chi connectivity index (χ2n) is 8.08. The van der Waals surface area contributed by atoms with Gasteiger partial charge in [-0.05, 0) is 17.5 Å². The lowest BCUT2D eigenvalue weighted by atomic mass is 10.2. The van der Waals surface area contributed by atoms with Crippen molar-refractivity contribution in [3.63, 3.8) is 0 Å². The third-order valence-corrected chi connectivity index (χ3v) is 6.12. The lowest BCUT2D eigenvalue weighted by molar-refractivity contribution is 0.0381. The zero-order valence-corrected chi connectivity index (χ0v) is 17.8. The van der Waals surface area contributed by atoms with Gasteiger partial charge in [-0.2, -0.15) is 0 Å². The second kappa shape index (κ2) is 7.82. The van der Waals surface area contributed by atoms with Crippen LogP contribution in [-0.4, -0.2) is 61.4 Å². The number of para-hydroxylation sites is 1. The lowest BCUT2D eigenvalue weighted by Crippen LogP contribution is -2.40. The first kappa shape index (κ1) is 19.8. The van der Waals surface area contributed by atoms with Crippen molar-refractivity contribution in [1.82, 2.24) is 28.6 Å². The Morgan fingerprint density at radius 1 is 1.10 bits per heavy atom. The summed E-state index contributed by atoms with van der Waals surface area (Å²) in [7, 11) is 3.52. The molecule has 162 valence electrons. The van der Waals surface area contributed by atoms with Crippen molar-refractivity contribution in [3.05, 3.63) is 62.7 Å². The maximum absolute atomic E-state index is 13.3. The number of aromatic nitrogens is 5. The molecule has 1 aliphatic rings. The van der Waals surface area contributed by atoms with Gasteiger partial charge in [-0.1, -0.05) is 18.2 Å². The van der Waals surface area contributed by atoms with Crippen molar-refractivity contribution < 1.29 is 4.74 Å². The Balaban J connectivity index is 1.51. The van der Waals surface area contributed by atoms with Gasteiger partial charge in [-0.3, -0.25) is 18.8 Å². The van der Waals surface area contributed by atoms with E-state index in [1.54, 1.807) is 7.05 Å². The van der Waals surface area contributed by atoms with Crippen LogP contribution in [0.3, 0.4) is 0 Å². The summed E-state index contributed by atoms with van der Waals surface area (Å²) in [5, 5.41) is 1.05. The number of fused-ring (bicyclic) bond motifs is 2. The molecule has 1 aromatic carbocycles. The van der Waals surface area contributed by atoms with Gasteiger partial charge in [-0.15, -0.1) is 0 Å². The second-order valence-corrected chi connectivity index (χ2v) is 8.08. The van der Waals surface area contributed by atoms with Gasteiger partial charge in [0, 0.05) is 51.4 Å². The van der Waals surface area contributed by atoms with Crippen molar-refractivity contribution in [3.8, 4) is 0 Å². The highest BCUT2D eigenvalue weighted by Gasteiger charge is 2.20. The van der Waals surface area contributed by atoms with Crippen molar-refractivity contribution in [2.45, 2.75) is 13.0 Å². The molecule has 1 fully saturated rings. The van der Waals surface area contributed by atoms with E-state index in [9.17, 15) is 9.59 Å². The van der Waals surface area contributed by atoms with Crippen molar-refractivity contribution in [2.75, 3.05) is 32.8 Å². The fourth-order valence-corrected chi connectivity index (χ4v) is 4.32. The average molecular weight is 422 g/mol. The molecule has 0 saturated carbocycles. The Morgan fingerprint density at radius 3 is 2.65 bits per heavy atom. The van der Waals surface area contributed by atoms with Crippen LogP contribution in [0.1, 0.15) is 11.5 Å². The highest BCUT2D eigenvalue weighted by atomic mass is 16.5. The van der Waals surface area contributed by atoms with Gasteiger partial charge < -0.3 is 14.3 Å². The SMILES string of the molecule is Cn1c(CCN2CCOCC2)nc2c1c(=O)n(Cc1cc3ccccc3[nH]1)c(=O)n2C. The Morgan fingerprint density at radius 2 is 1.87 bits per heavy atom. The molecule has 1 saturated heterocycles. The Labute approximate surface area is 178 Å². The molecule has 5 rings (SSSR count). The van der Waals surface area contributed by atoms with Crippen LogP contribution in [0.5, 0.6) is 0 Å². The molecule has 9 nitrogen and oxygen atoms in total. The number of morpholine rings is 1. The smallest absolute Gasteiger partial charge is 0.332 e. The molecule has 9 heteroatoms. The predicted molar refractivity (Wildman–Crippen MR) is 119 cm³/mol. The van der Waals surface area contributed by atoms with E-state index < -0.39 is 0 Å². The molecule has 0 amide bonds. The highest BCUT2D eigenvalue weighted by molar-refractivity contribution is 5.80. The summed E-state index contributed by atoms with van der Waals surface area (Å²) >= 11 is 0. The number of imidazole rings is 1. The molecular formula is C22H26N6O3. The largest absolute Gasteiger partial charge is 0.379 e. The van der Waals surface area contributed by atoms with Crippen LogP contribution in [0.2, 0.25) is 0 Å². The number of nitrogens with zero attached hydrogens (tertiary/aromatic N) is 5.